The highest BCUT2D eigenvalue weighted by atomic mass is 32.1. The molecular formula is C7H8N2S. The molecule has 10 heavy (non-hydrogen) atoms. The lowest BCUT2D eigenvalue weighted by molar-refractivity contribution is 0.907. The quantitative estimate of drug-likeness (QED) is 0.657. The number of anilines is 1. The van der Waals surface area contributed by atoms with Crippen LogP contribution < -0.4 is 10.2 Å². The molecule has 1 aliphatic rings. The molecule has 2 heterocycles. The van der Waals surface area contributed by atoms with Gasteiger partial charge in [-0.15, -0.1) is 11.3 Å². The average molecular weight is 152 g/mol. The monoisotopic (exact) mass is 152 g/mol. The van der Waals surface area contributed by atoms with Gasteiger partial charge in [-0.25, -0.2) is 0 Å². The Morgan fingerprint density at radius 1 is 1.60 bits per heavy atom. The second kappa shape index (κ2) is 2.34. The summed E-state index contributed by atoms with van der Waals surface area (Å²) < 4.78 is 0. The Bertz CT molecular complexity index is 228. The molecule has 0 spiro atoms. The second-order valence-electron chi connectivity index (χ2n) is 2.10. The summed E-state index contributed by atoms with van der Waals surface area (Å²) >= 11 is 1.75. The Morgan fingerprint density at radius 2 is 2.60 bits per heavy atom. The zero-order valence-electron chi connectivity index (χ0n) is 5.45. The summed E-state index contributed by atoms with van der Waals surface area (Å²) in [5.41, 5.74) is 0. The van der Waals surface area contributed by atoms with Crippen LogP contribution in [-0.4, -0.2) is 6.67 Å². The predicted octanol–water partition coefficient (Wildman–Crippen LogP) is 1.59. The summed E-state index contributed by atoms with van der Waals surface area (Å²) in [5.74, 6) is 0. The molecule has 52 valence electrons. The van der Waals surface area contributed by atoms with Crippen molar-refractivity contribution in [3.05, 3.63) is 29.9 Å². The molecule has 2 nitrogen and oxygen atoms in total. The lowest BCUT2D eigenvalue weighted by Gasteiger charge is -2.10. The van der Waals surface area contributed by atoms with Crippen LogP contribution in [-0.2, 0) is 0 Å². The third-order valence-electron chi connectivity index (χ3n) is 1.42. The molecule has 3 heteroatoms. The molecule has 1 aromatic heterocycles. The number of thiophene rings is 1. The van der Waals surface area contributed by atoms with E-state index < -0.39 is 0 Å². The van der Waals surface area contributed by atoms with E-state index >= 15 is 0 Å². The van der Waals surface area contributed by atoms with Gasteiger partial charge < -0.3 is 10.2 Å². The third-order valence-corrected chi connectivity index (χ3v) is 2.33. The fraction of sp³-hybridized carbons (Fsp3) is 0.143. The van der Waals surface area contributed by atoms with Crippen molar-refractivity contribution in [3.63, 3.8) is 0 Å². The van der Waals surface area contributed by atoms with Crippen LogP contribution in [0.3, 0.4) is 0 Å². The minimum atomic E-state index is 0.903. The highest BCUT2D eigenvalue weighted by Crippen LogP contribution is 2.21. The lowest BCUT2D eigenvalue weighted by atomic mass is 10.6. The maximum atomic E-state index is 3.11. The minimum Gasteiger partial charge on any atom is -0.372 e. The Kier molecular flexibility index (Phi) is 1.36. The summed E-state index contributed by atoms with van der Waals surface area (Å²) in [4.78, 5) is 2.17. The summed E-state index contributed by atoms with van der Waals surface area (Å²) in [6.45, 7) is 0.903. The van der Waals surface area contributed by atoms with Crippen LogP contribution in [0.4, 0.5) is 5.00 Å². The number of nitrogens with one attached hydrogen (secondary N) is 1. The maximum absolute atomic E-state index is 3.11. The molecule has 0 saturated carbocycles. The zero-order chi connectivity index (χ0) is 6.81. The first-order valence-electron chi connectivity index (χ1n) is 3.17. The van der Waals surface area contributed by atoms with Crippen molar-refractivity contribution < 1.29 is 0 Å². The van der Waals surface area contributed by atoms with Gasteiger partial charge in [-0.05, 0) is 17.5 Å². The predicted molar refractivity (Wildman–Crippen MR) is 43.9 cm³/mol. The Hall–Kier alpha value is -0.960. The molecule has 0 aliphatic carbocycles. The summed E-state index contributed by atoms with van der Waals surface area (Å²) in [6, 6.07) is 4.17. The van der Waals surface area contributed by atoms with Crippen LogP contribution in [0, 0.1) is 0 Å². The lowest BCUT2D eigenvalue weighted by Crippen LogP contribution is -2.18. The molecule has 0 bridgehead atoms. The first-order valence-corrected chi connectivity index (χ1v) is 4.05. The molecule has 0 atom stereocenters. The summed E-state index contributed by atoms with van der Waals surface area (Å²) in [7, 11) is 0. The minimum absolute atomic E-state index is 0.903. The van der Waals surface area contributed by atoms with Gasteiger partial charge in [-0.3, -0.25) is 0 Å². The molecule has 0 unspecified atom stereocenters. The zero-order valence-corrected chi connectivity index (χ0v) is 6.27. The van der Waals surface area contributed by atoms with Crippen LogP contribution in [0.5, 0.6) is 0 Å². The smallest absolute Gasteiger partial charge is 0.0963 e. The van der Waals surface area contributed by atoms with Gasteiger partial charge in [-0.1, -0.05) is 0 Å². The van der Waals surface area contributed by atoms with Gasteiger partial charge in [0.25, 0.3) is 0 Å². The van der Waals surface area contributed by atoms with Gasteiger partial charge in [0.15, 0.2) is 0 Å². The van der Waals surface area contributed by atoms with E-state index in [1.807, 2.05) is 12.4 Å². The van der Waals surface area contributed by atoms with Crippen LogP contribution in [0.2, 0.25) is 0 Å². The molecule has 0 amide bonds. The van der Waals surface area contributed by atoms with Crippen LogP contribution in [0.15, 0.2) is 29.9 Å². The van der Waals surface area contributed by atoms with E-state index in [0.717, 1.165) is 6.67 Å². The fourth-order valence-electron chi connectivity index (χ4n) is 0.931. The standard InChI is InChI=1S/C7H8N2S/c1-2-7(10-5-1)9-4-3-8-6-9/h1-5,8H,6H2. The van der Waals surface area contributed by atoms with Crippen LogP contribution in [0.1, 0.15) is 0 Å². The topological polar surface area (TPSA) is 15.3 Å². The summed E-state index contributed by atoms with van der Waals surface area (Å²) in [5, 5.41) is 6.49. The van der Waals surface area contributed by atoms with E-state index in [4.69, 9.17) is 0 Å². The molecule has 0 saturated heterocycles. The van der Waals surface area contributed by atoms with Gasteiger partial charge in [0.05, 0.1) is 11.7 Å². The maximum Gasteiger partial charge on any atom is 0.0963 e. The molecule has 0 fully saturated rings. The number of rotatable bonds is 1. The van der Waals surface area contributed by atoms with Crippen molar-refractivity contribution in [2.45, 2.75) is 0 Å². The molecule has 2 rings (SSSR count). The first kappa shape index (κ1) is 5.80. The molecule has 0 aromatic carbocycles. The van der Waals surface area contributed by atoms with Crippen molar-refractivity contribution >= 4 is 16.3 Å². The van der Waals surface area contributed by atoms with E-state index in [-0.39, 0.29) is 0 Å². The normalized spacial score (nSPS) is 15.8. The fourth-order valence-corrected chi connectivity index (χ4v) is 1.65. The van der Waals surface area contributed by atoms with Crippen molar-refractivity contribution in [1.82, 2.24) is 5.32 Å². The Morgan fingerprint density at radius 3 is 3.20 bits per heavy atom. The van der Waals surface area contributed by atoms with E-state index in [9.17, 15) is 0 Å². The number of hydrogen-bond donors (Lipinski definition) is 1. The van der Waals surface area contributed by atoms with E-state index in [1.165, 1.54) is 5.00 Å². The highest BCUT2D eigenvalue weighted by Gasteiger charge is 2.05. The first-order chi connectivity index (χ1) is 4.97. The molecule has 0 radical (unpaired) electrons. The largest absolute Gasteiger partial charge is 0.372 e. The molecule has 1 aromatic rings. The molecular weight excluding hydrogens is 144 g/mol. The van der Waals surface area contributed by atoms with Crippen molar-refractivity contribution in [2.24, 2.45) is 0 Å². The molecule has 1 N–H and O–H groups in total. The van der Waals surface area contributed by atoms with Crippen LogP contribution >= 0.6 is 11.3 Å². The van der Waals surface area contributed by atoms with Crippen LogP contribution in [0.25, 0.3) is 0 Å². The van der Waals surface area contributed by atoms with Crippen molar-refractivity contribution in [3.8, 4) is 0 Å². The van der Waals surface area contributed by atoms with E-state index in [1.54, 1.807) is 11.3 Å². The van der Waals surface area contributed by atoms with E-state index in [2.05, 4.69) is 27.7 Å². The van der Waals surface area contributed by atoms with Gasteiger partial charge in [0, 0.05) is 12.4 Å². The van der Waals surface area contributed by atoms with Gasteiger partial charge in [-0.2, -0.15) is 0 Å². The highest BCUT2D eigenvalue weighted by molar-refractivity contribution is 7.14. The number of nitrogens with zero attached hydrogens (tertiary/aromatic N) is 1. The van der Waals surface area contributed by atoms with Gasteiger partial charge in [0.2, 0.25) is 0 Å². The van der Waals surface area contributed by atoms with Crippen molar-refractivity contribution in [1.29, 1.82) is 0 Å². The Balaban J connectivity index is 2.20. The second-order valence-corrected chi connectivity index (χ2v) is 3.03. The Labute approximate surface area is 63.8 Å². The SMILES string of the molecule is C1=CN(c2cccs2)CN1. The third kappa shape index (κ3) is 0.885. The summed E-state index contributed by atoms with van der Waals surface area (Å²) in [6.07, 6.45) is 4.01. The van der Waals surface area contributed by atoms with Gasteiger partial charge in [0.1, 0.15) is 0 Å². The number of hydrogen-bond acceptors (Lipinski definition) is 3. The van der Waals surface area contributed by atoms with Gasteiger partial charge >= 0.3 is 0 Å². The van der Waals surface area contributed by atoms with Crippen molar-refractivity contribution in [2.75, 3.05) is 11.6 Å². The molecule has 1 aliphatic heterocycles. The average Bonchev–Trinajstić information content (AvgIpc) is 2.59. The van der Waals surface area contributed by atoms with E-state index in [0.29, 0.717) is 0 Å².